The second-order valence-electron chi connectivity index (χ2n) is 8.54. The van der Waals surface area contributed by atoms with Gasteiger partial charge in [-0.2, -0.15) is 13.2 Å². The number of Topliss-reactive ketones (excluding diaryl/α,β-unsaturated/α-hetero) is 1. The number of morpholine rings is 1. The van der Waals surface area contributed by atoms with Crippen LogP contribution in [0, 0.1) is 0 Å². The molecule has 0 saturated carbocycles. The Morgan fingerprint density at radius 1 is 1.14 bits per heavy atom. The minimum absolute atomic E-state index is 0.0746. The second kappa shape index (κ2) is 11.7. The van der Waals surface area contributed by atoms with E-state index in [4.69, 9.17) is 9.84 Å². The number of halogens is 3. The third-order valence-electron chi connectivity index (χ3n) is 6.11. The van der Waals surface area contributed by atoms with Crippen LogP contribution in [0.25, 0.3) is 10.9 Å². The highest BCUT2D eigenvalue weighted by Gasteiger charge is 2.35. The summed E-state index contributed by atoms with van der Waals surface area (Å²) in [5.41, 5.74) is 1.76. The number of hydrogen-bond donors (Lipinski definition) is 2. The second-order valence-corrected chi connectivity index (χ2v) is 8.54. The Morgan fingerprint density at radius 2 is 1.89 bits per heavy atom. The molecule has 1 fully saturated rings. The quantitative estimate of drug-likeness (QED) is 0.318. The van der Waals surface area contributed by atoms with Crippen molar-refractivity contribution < 1.29 is 27.8 Å². The Kier molecular flexibility index (Phi) is 8.44. The Labute approximate surface area is 206 Å². The zero-order chi connectivity index (χ0) is 25.5. The van der Waals surface area contributed by atoms with Crippen LogP contribution < -0.4 is 5.32 Å². The predicted octanol–water partition coefficient (Wildman–Crippen LogP) is 3.87. The third-order valence-corrected chi connectivity index (χ3v) is 6.11. The number of rotatable bonds is 10. The predicted molar refractivity (Wildman–Crippen MR) is 128 cm³/mol. The molecular formula is C25H28F3N5O3. The van der Waals surface area contributed by atoms with E-state index in [1.807, 2.05) is 12.1 Å². The molecule has 1 aliphatic heterocycles. The maximum absolute atomic E-state index is 13.3. The number of pyridine rings is 1. The summed E-state index contributed by atoms with van der Waals surface area (Å²) in [5, 5.41) is 12.8. The molecule has 192 valence electrons. The van der Waals surface area contributed by atoms with Gasteiger partial charge < -0.3 is 15.2 Å². The molecule has 3 heterocycles. The first-order valence-electron chi connectivity index (χ1n) is 11.9. The Morgan fingerprint density at radius 3 is 2.58 bits per heavy atom. The average molecular weight is 504 g/mol. The number of anilines is 1. The van der Waals surface area contributed by atoms with Gasteiger partial charge in [0.2, 0.25) is 5.82 Å². The van der Waals surface area contributed by atoms with Crippen LogP contribution in [0.2, 0.25) is 0 Å². The number of nitrogens with one attached hydrogen (secondary N) is 1. The van der Waals surface area contributed by atoms with Gasteiger partial charge in [0.25, 0.3) is 0 Å². The van der Waals surface area contributed by atoms with Crippen molar-refractivity contribution in [2.45, 2.75) is 31.5 Å². The highest BCUT2D eigenvalue weighted by atomic mass is 19.4. The van der Waals surface area contributed by atoms with Crippen LogP contribution in [0.5, 0.6) is 0 Å². The van der Waals surface area contributed by atoms with Gasteiger partial charge in [-0.25, -0.2) is 15.0 Å². The van der Waals surface area contributed by atoms with E-state index in [-0.39, 0.29) is 24.9 Å². The summed E-state index contributed by atoms with van der Waals surface area (Å²) in [6.07, 6.45) is -1.01. The van der Waals surface area contributed by atoms with Crippen LogP contribution >= 0.6 is 0 Å². The number of carbonyl (C=O) groups is 1. The first kappa shape index (κ1) is 25.9. The smallest absolute Gasteiger partial charge is 0.396 e. The van der Waals surface area contributed by atoms with Gasteiger partial charge in [-0.15, -0.1) is 0 Å². The third kappa shape index (κ3) is 6.34. The average Bonchev–Trinajstić information content (AvgIpc) is 2.89. The zero-order valence-electron chi connectivity index (χ0n) is 19.7. The van der Waals surface area contributed by atoms with Crippen molar-refractivity contribution in [3.8, 4) is 0 Å². The van der Waals surface area contributed by atoms with Gasteiger partial charge in [0, 0.05) is 67.6 Å². The van der Waals surface area contributed by atoms with Crippen LogP contribution in [0.15, 0.2) is 42.7 Å². The minimum atomic E-state index is -4.61. The van der Waals surface area contributed by atoms with Crippen molar-refractivity contribution in [3.05, 3.63) is 59.7 Å². The fraction of sp³-hybridized carbons (Fsp3) is 0.440. The lowest BCUT2D eigenvalue weighted by molar-refractivity contribution is -0.145. The molecule has 1 atom stereocenters. The molecule has 1 unspecified atom stereocenters. The molecule has 8 nitrogen and oxygen atoms in total. The number of aliphatic hydroxyl groups excluding tert-OH is 1. The molecule has 1 aromatic carbocycles. The molecule has 1 aliphatic rings. The van der Waals surface area contributed by atoms with Crippen LogP contribution in [-0.4, -0.2) is 70.2 Å². The first-order valence-corrected chi connectivity index (χ1v) is 11.9. The lowest BCUT2D eigenvalue weighted by Crippen LogP contribution is -2.39. The molecule has 2 aromatic heterocycles. The van der Waals surface area contributed by atoms with Crippen LogP contribution in [0.1, 0.15) is 47.1 Å². The van der Waals surface area contributed by atoms with Gasteiger partial charge in [-0.05, 0) is 31.0 Å². The molecule has 0 amide bonds. The minimum Gasteiger partial charge on any atom is -0.396 e. The monoisotopic (exact) mass is 503 g/mol. The van der Waals surface area contributed by atoms with Gasteiger partial charge in [0.05, 0.1) is 18.7 Å². The lowest BCUT2D eigenvalue weighted by Gasteiger charge is -2.34. The molecule has 11 heteroatoms. The molecule has 4 rings (SSSR count). The fourth-order valence-corrected chi connectivity index (χ4v) is 4.30. The Balaban J connectivity index is 1.51. The topological polar surface area (TPSA) is 100 Å². The summed E-state index contributed by atoms with van der Waals surface area (Å²) in [6.45, 7) is 2.90. The van der Waals surface area contributed by atoms with E-state index in [1.165, 1.54) is 12.4 Å². The van der Waals surface area contributed by atoms with Gasteiger partial charge in [0.1, 0.15) is 5.82 Å². The van der Waals surface area contributed by atoms with Crippen molar-refractivity contribution >= 4 is 22.5 Å². The number of hydrogen-bond acceptors (Lipinski definition) is 8. The van der Waals surface area contributed by atoms with Gasteiger partial charge in [-0.3, -0.25) is 9.69 Å². The zero-order valence-corrected chi connectivity index (χ0v) is 19.7. The number of nitrogens with zero attached hydrogens (tertiary/aromatic N) is 4. The Bertz CT molecular complexity index is 1170. The van der Waals surface area contributed by atoms with E-state index in [1.54, 1.807) is 18.2 Å². The largest absolute Gasteiger partial charge is 0.451 e. The van der Waals surface area contributed by atoms with E-state index in [0.29, 0.717) is 68.2 Å². The molecule has 0 radical (unpaired) electrons. The number of aromatic nitrogens is 3. The molecule has 0 spiro atoms. The van der Waals surface area contributed by atoms with Crippen LogP contribution in [-0.2, 0) is 10.9 Å². The summed E-state index contributed by atoms with van der Waals surface area (Å²) >= 11 is 0. The number of aliphatic hydroxyl groups is 1. The van der Waals surface area contributed by atoms with Crippen molar-refractivity contribution in [2.24, 2.45) is 0 Å². The summed E-state index contributed by atoms with van der Waals surface area (Å²) in [5.74, 6) is -0.596. The number of carbonyl (C=O) groups excluding carboxylic acids is 1. The van der Waals surface area contributed by atoms with E-state index < -0.39 is 12.0 Å². The highest BCUT2D eigenvalue weighted by Crippen LogP contribution is 2.30. The number of alkyl halides is 3. The number of benzene rings is 1. The molecule has 0 aliphatic carbocycles. The van der Waals surface area contributed by atoms with Crippen molar-refractivity contribution in [1.29, 1.82) is 0 Å². The highest BCUT2D eigenvalue weighted by molar-refractivity contribution is 6.07. The summed E-state index contributed by atoms with van der Waals surface area (Å²) in [6, 6.07) is 8.71. The summed E-state index contributed by atoms with van der Waals surface area (Å²) in [7, 11) is 0. The molecule has 0 bridgehead atoms. The molecule has 36 heavy (non-hydrogen) atoms. The van der Waals surface area contributed by atoms with Gasteiger partial charge in [-0.1, -0.05) is 12.1 Å². The molecule has 2 N–H and O–H groups in total. The van der Waals surface area contributed by atoms with Crippen molar-refractivity contribution in [3.63, 3.8) is 0 Å². The van der Waals surface area contributed by atoms with E-state index in [9.17, 15) is 18.0 Å². The van der Waals surface area contributed by atoms with Crippen LogP contribution in [0.3, 0.4) is 0 Å². The fourth-order valence-electron chi connectivity index (χ4n) is 4.30. The van der Waals surface area contributed by atoms with E-state index in [2.05, 4.69) is 25.2 Å². The number of ketones is 1. The van der Waals surface area contributed by atoms with E-state index in [0.717, 1.165) is 5.39 Å². The first-order chi connectivity index (χ1) is 17.4. The molecule has 1 saturated heterocycles. The SMILES string of the molecule is O=C(CCC(c1cnc(C(F)(F)F)nc1)N1CCOCC1)c1cccc2nc(NCCCO)ccc12. The maximum atomic E-state index is 13.3. The maximum Gasteiger partial charge on any atom is 0.451 e. The summed E-state index contributed by atoms with van der Waals surface area (Å²) < 4.78 is 44.2. The van der Waals surface area contributed by atoms with Gasteiger partial charge >= 0.3 is 6.18 Å². The van der Waals surface area contributed by atoms with Gasteiger partial charge in [0.15, 0.2) is 5.78 Å². The van der Waals surface area contributed by atoms with Crippen molar-refractivity contribution in [2.75, 3.05) is 44.8 Å². The van der Waals surface area contributed by atoms with Crippen LogP contribution in [0.4, 0.5) is 19.0 Å². The molecular weight excluding hydrogens is 475 g/mol. The normalized spacial score (nSPS) is 15.7. The Hall–Kier alpha value is -3.15. The summed E-state index contributed by atoms with van der Waals surface area (Å²) in [4.78, 5) is 27.0. The number of ether oxygens (including phenoxy) is 1. The van der Waals surface area contributed by atoms with Crippen molar-refractivity contribution in [1.82, 2.24) is 19.9 Å². The number of fused-ring (bicyclic) bond motifs is 1. The molecule has 3 aromatic rings. The van der Waals surface area contributed by atoms with E-state index >= 15 is 0 Å². The standard InChI is InChI=1S/C25H28F3N5O3/c26-25(27,28)24-30-15-17(16-31-24)21(33-10-13-36-14-11-33)6-7-22(35)19-3-1-4-20-18(19)5-8-23(32-20)29-9-2-12-34/h1,3-5,8,15-16,21,34H,2,6-7,9-14H2,(H,29,32). The lowest BCUT2D eigenvalue weighted by atomic mass is 9.96.